The van der Waals surface area contributed by atoms with Crippen molar-refractivity contribution in [2.24, 2.45) is 5.92 Å². The van der Waals surface area contributed by atoms with E-state index in [1.165, 1.54) is 0 Å². The Bertz CT molecular complexity index is 476. The molecular weight excluding hydrogens is 280 g/mol. The number of hydrogen-bond acceptors (Lipinski definition) is 4. The number of carbonyl (C=O) groups is 1. The number of amides is 1. The molecule has 0 unspecified atom stereocenters. The molecule has 1 fully saturated rings. The summed E-state index contributed by atoms with van der Waals surface area (Å²) in [5, 5.41) is 13.5. The fraction of sp³-hybridized carbons (Fsp3) is 0.588. The van der Waals surface area contributed by atoms with Crippen LogP contribution >= 0.6 is 0 Å². The number of aliphatic hydroxyl groups is 1. The van der Waals surface area contributed by atoms with E-state index in [1.54, 1.807) is 4.90 Å². The van der Waals surface area contributed by atoms with Gasteiger partial charge in [0.1, 0.15) is 6.61 Å². The summed E-state index contributed by atoms with van der Waals surface area (Å²) in [6.07, 6.45) is 1.52. The highest BCUT2D eigenvalue weighted by molar-refractivity contribution is 5.67. The first-order chi connectivity index (χ1) is 10.5. The normalized spacial score (nSPS) is 21.2. The average Bonchev–Trinajstić information content (AvgIpc) is 2.53. The molecule has 0 aliphatic carbocycles. The fourth-order valence-corrected chi connectivity index (χ4v) is 2.96. The largest absolute Gasteiger partial charge is 0.445 e. The smallest absolute Gasteiger partial charge is 0.410 e. The number of likely N-dealkylation sites (tertiary alicyclic amines) is 1. The van der Waals surface area contributed by atoms with E-state index in [-0.39, 0.29) is 18.6 Å². The van der Waals surface area contributed by atoms with Gasteiger partial charge < -0.3 is 20.1 Å². The third kappa shape index (κ3) is 4.45. The van der Waals surface area contributed by atoms with Gasteiger partial charge in [-0.15, -0.1) is 0 Å². The van der Waals surface area contributed by atoms with Crippen LogP contribution in [0.4, 0.5) is 4.79 Å². The van der Waals surface area contributed by atoms with Gasteiger partial charge in [-0.25, -0.2) is 4.79 Å². The summed E-state index contributed by atoms with van der Waals surface area (Å²) < 4.78 is 5.38. The maximum Gasteiger partial charge on any atom is 0.410 e. The number of nitrogens with one attached hydrogen (secondary N) is 1. The van der Waals surface area contributed by atoms with Crippen LogP contribution in [0, 0.1) is 5.92 Å². The van der Waals surface area contributed by atoms with Gasteiger partial charge in [-0.1, -0.05) is 30.3 Å². The van der Waals surface area contributed by atoms with E-state index < -0.39 is 5.60 Å². The molecule has 1 aromatic rings. The number of rotatable bonds is 5. The van der Waals surface area contributed by atoms with Crippen molar-refractivity contribution in [1.29, 1.82) is 0 Å². The lowest BCUT2D eigenvalue weighted by Gasteiger charge is -2.39. The van der Waals surface area contributed by atoms with Crippen molar-refractivity contribution in [3.63, 3.8) is 0 Å². The zero-order chi connectivity index (χ0) is 16.0. The SMILES string of the molecule is CNC[C@@](C)(O)[C@H]1CCCN(C(=O)OCc2ccccc2)C1. The maximum atomic E-state index is 12.2. The Hall–Kier alpha value is -1.59. The minimum Gasteiger partial charge on any atom is -0.445 e. The van der Waals surface area contributed by atoms with Crippen molar-refractivity contribution in [3.05, 3.63) is 35.9 Å². The van der Waals surface area contributed by atoms with E-state index >= 15 is 0 Å². The Morgan fingerprint density at radius 2 is 2.18 bits per heavy atom. The molecule has 0 spiro atoms. The molecule has 1 aliphatic rings. The van der Waals surface area contributed by atoms with Crippen molar-refractivity contribution in [2.45, 2.75) is 32.0 Å². The highest BCUT2D eigenvalue weighted by Gasteiger charge is 2.36. The van der Waals surface area contributed by atoms with Crippen LogP contribution in [0.25, 0.3) is 0 Å². The third-order valence-electron chi connectivity index (χ3n) is 4.30. The predicted molar refractivity (Wildman–Crippen MR) is 85.5 cm³/mol. The molecule has 1 aromatic carbocycles. The van der Waals surface area contributed by atoms with Gasteiger partial charge in [-0.3, -0.25) is 0 Å². The van der Waals surface area contributed by atoms with E-state index in [0.29, 0.717) is 19.6 Å². The first-order valence-corrected chi connectivity index (χ1v) is 7.85. The summed E-state index contributed by atoms with van der Waals surface area (Å²) in [6.45, 7) is 3.87. The molecule has 1 aliphatic heterocycles. The summed E-state index contributed by atoms with van der Waals surface area (Å²) in [4.78, 5) is 13.9. The fourth-order valence-electron chi connectivity index (χ4n) is 2.96. The number of hydrogen-bond donors (Lipinski definition) is 2. The van der Waals surface area contributed by atoms with Crippen molar-refractivity contribution in [3.8, 4) is 0 Å². The lowest BCUT2D eigenvalue weighted by Crippen LogP contribution is -2.51. The van der Waals surface area contributed by atoms with Gasteiger partial charge in [0.2, 0.25) is 0 Å². The van der Waals surface area contributed by atoms with Crippen molar-refractivity contribution in [2.75, 3.05) is 26.7 Å². The molecule has 22 heavy (non-hydrogen) atoms. The van der Waals surface area contributed by atoms with E-state index in [0.717, 1.165) is 18.4 Å². The second-order valence-corrected chi connectivity index (χ2v) is 6.21. The maximum absolute atomic E-state index is 12.2. The Morgan fingerprint density at radius 1 is 1.45 bits per heavy atom. The van der Waals surface area contributed by atoms with Gasteiger partial charge in [-0.05, 0) is 32.4 Å². The lowest BCUT2D eigenvalue weighted by atomic mass is 9.83. The summed E-state index contributed by atoms with van der Waals surface area (Å²) in [5.74, 6) is 0.0676. The summed E-state index contributed by atoms with van der Waals surface area (Å²) >= 11 is 0. The molecule has 1 saturated heterocycles. The molecule has 5 heteroatoms. The first-order valence-electron chi connectivity index (χ1n) is 7.85. The zero-order valence-electron chi connectivity index (χ0n) is 13.4. The van der Waals surface area contributed by atoms with Gasteiger partial charge in [0.25, 0.3) is 0 Å². The Kier molecular flexibility index (Phi) is 5.80. The van der Waals surface area contributed by atoms with E-state index in [9.17, 15) is 9.90 Å². The number of ether oxygens (including phenoxy) is 1. The molecule has 1 heterocycles. The summed E-state index contributed by atoms with van der Waals surface area (Å²) in [6, 6.07) is 9.66. The number of likely N-dealkylation sites (N-methyl/N-ethyl adjacent to an activating group) is 1. The zero-order valence-corrected chi connectivity index (χ0v) is 13.4. The van der Waals surface area contributed by atoms with Crippen LogP contribution in [0.2, 0.25) is 0 Å². The van der Waals surface area contributed by atoms with Crippen LogP contribution in [0.5, 0.6) is 0 Å². The van der Waals surface area contributed by atoms with Crippen LogP contribution in [0.15, 0.2) is 30.3 Å². The average molecular weight is 306 g/mol. The second-order valence-electron chi connectivity index (χ2n) is 6.21. The van der Waals surface area contributed by atoms with Gasteiger partial charge in [0, 0.05) is 25.6 Å². The number of carbonyl (C=O) groups excluding carboxylic acids is 1. The summed E-state index contributed by atoms with van der Waals surface area (Å²) in [7, 11) is 1.82. The topological polar surface area (TPSA) is 61.8 Å². The molecule has 0 bridgehead atoms. The molecule has 0 radical (unpaired) electrons. The minimum absolute atomic E-state index is 0.0676. The second kappa shape index (κ2) is 7.61. The standard InChI is InChI=1S/C17H26N2O3/c1-17(21,13-18-2)15-9-6-10-19(11-15)16(20)22-12-14-7-4-3-5-8-14/h3-5,7-8,15,18,21H,6,9-13H2,1-2H3/t15-,17+/m0/s1. The predicted octanol–water partition coefficient (Wildman–Crippen LogP) is 2.01. The van der Waals surface area contributed by atoms with E-state index in [2.05, 4.69) is 5.32 Å². The van der Waals surface area contributed by atoms with Gasteiger partial charge in [-0.2, -0.15) is 0 Å². The molecule has 2 atom stereocenters. The third-order valence-corrected chi connectivity index (χ3v) is 4.30. The highest BCUT2D eigenvalue weighted by Crippen LogP contribution is 2.27. The number of benzene rings is 1. The minimum atomic E-state index is -0.812. The van der Waals surface area contributed by atoms with Gasteiger partial charge in [0.15, 0.2) is 0 Å². The molecule has 1 amide bonds. The Balaban J connectivity index is 1.87. The molecule has 122 valence electrons. The van der Waals surface area contributed by atoms with Gasteiger partial charge in [0.05, 0.1) is 5.60 Å². The molecule has 2 rings (SSSR count). The highest BCUT2D eigenvalue weighted by atomic mass is 16.6. The van der Waals surface area contributed by atoms with Crippen molar-refractivity contribution < 1.29 is 14.6 Å². The van der Waals surface area contributed by atoms with E-state index in [4.69, 9.17) is 4.74 Å². The molecule has 0 saturated carbocycles. The molecule has 2 N–H and O–H groups in total. The molecule has 5 nitrogen and oxygen atoms in total. The monoisotopic (exact) mass is 306 g/mol. The molecular formula is C17H26N2O3. The number of nitrogens with zero attached hydrogens (tertiary/aromatic N) is 1. The van der Waals surface area contributed by atoms with Gasteiger partial charge >= 0.3 is 6.09 Å². The van der Waals surface area contributed by atoms with Crippen LogP contribution < -0.4 is 5.32 Å². The van der Waals surface area contributed by atoms with E-state index in [1.807, 2.05) is 44.3 Å². The van der Waals surface area contributed by atoms with Crippen LogP contribution in [-0.2, 0) is 11.3 Å². The molecule has 0 aromatic heterocycles. The van der Waals surface area contributed by atoms with Crippen molar-refractivity contribution in [1.82, 2.24) is 10.2 Å². The van der Waals surface area contributed by atoms with Crippen LogP contribution in [0.1, 0.15) is 25.3 Å². The summed E-state index contributed by atoms with van der Waals surface area (Å²) in [5.41, 5.74) is 0.166. The Labute approximate surface area is 132 Å². The quantitative estimate of drug-likeness (QED) is 0.873. The lowest BCUT2D eigenvalue weighted by molar-refractivity contribution is -0.0299. The van der Waals surface area contributed by atoms with Crippen LogP contribution in [-0.4, -0.2) is 48.4 Å². The Morgan fingerprint density at radius 3 is 2.86 bits per heavy atom. The number of piperidine rings is 1. The van der Waals surface area contributed by atoms with Crippen molar-refractivity contribution >= 4 is 6.09 Å². The van der Waals surface area contributed by atoms with Crippen LogP contribution in [0.3, 0.4) is 0 Å². The first kappa shape index (κ1) is 16.8.